The molecule has 0 aromatic heterocycles. The molecule has 0 bridgehead atoms. The second kappa shape index (κ2) is 4.37. The van der Waals surface area contributed by atoms with Crippen molar-refractivity contribution in [1.29, 1.82) is 0 Å². The fraction of sp³-hybridized carbons (Fsp3) is 0.467. The van der Waals surface area contributed by atoms with Gasteiger partial charge in [-0.05, 0) is 42.5 Å². The minimum Gasteiger partial charge on any atom is -0.371 e. The summed E-state index contributed by atoms with van der Waals surface area (Å²) in [4.78, 5) is 24.5. The Morgan fingerprint density at radius 2 is 1.68 bits per heavy atom. The number of anilines is 1. The lowest BCUT2D eigenvalue weighted by Gasteiger charge is -2.47. The van der Waals surface area contributed by atoms with Crippen LogP contribution in [0.3, 0.4) is 0 Å². The minimum absolute atomic E-state index is 0.306. The van der Waals surface area contributed by atoms with Crippen molar-refractivity contribution in [3.8, 4) is 0 Å². The van der Waals surface area contributed by atoms with Crippen molar-refractivity contribution in [2.24, 2.45) is 11.1 Å². The SMILES string of the molecule is NC(=O)c1ccc(N2CCC3(CC2)CC(=O)C3)cc1. The van der Waals surface area contributed by atoms with Crippen LogP contribution < -0.4 is 10.6 Å². The Bertz CT molecular complexity index is 503. The summed E-state index contributed by atoms with van der Waals surface area (Å²) in [7, 11) is 0. The molecule has 0 atom stereocenters. The van der Waals surface area contributed by atoms with E-state index in [0.29, 0.717) is 16.8 Å². The molecule has 100 valence electrons. The number of Topliss-reactive ketones (excluding diaryl/α,β-unsaturated/α-hetero) is 1. The van der Waals surface area contributed by atoms with Gasteiger partial charge in [0.05, 0.1) is 0 Å². The van der Waals surface area contributed by atoms with Crippen LogP contribution >= 0.6 is 0 Å². The number of carbonyl (C=O) groups excluding carboxylic acids is 2. The predicted molar refractivity (Wildman–Crippen MR) is 73.1 cm³/mol. The third-order valence-corrected chi connectivity index (χ3v) is 4.49. The van der Waals surface area contributed by atoms with Crippen LogP contribution in [0.15, 0.2) is 24.3 Å². The number of benzene rings is 1. The van der Waals surface area contributed by atoms with Crippen LogP contribution in [-0.4, -0.2) is 24.8 Å². The second-order valence-electron chi connectivity index (χ2n) is 5.79. The Hall–Kier alpha value is -1.84. The standard InChI is InChI=1S/C15H18N2O2/c16-14(19)11-1-3-12(4-2-11)17-7-5-15(6-8-17)9-13(18)10-15/h1-4H,5-10H2,(H2,16,19). The van der Waals surface area contributed by atoms with Crippen LogP contribution in [0.5, 0.6) is 0 Å². The van der Waals surface area contributed by atoms with Crippen LogP contribution in [0.2, 0.25) is 0 Å². The van der Waals surface area contributed by atoms with Gasteiger partial charge in [0.2, 0.25) is 5.91 Å². The Morgan fingerprint density at radius 1 is 1.11 bits per heavy atom. The number of nitrogens with zero attached hydrogens (tertiary/aromatic N) is 1. The lowest BCUT2D eigenvalue weighted by atomic mass is 9.62. The van der Waals surface area contributed by atoms with Crippen LogP contribution in [0.4, 0.5) is 5.69 Å². The summed E-state index contributed by atoms with van der Waals surface area (Å²) < 4.78 is 0. The first-order chi connectivity index (χ1) is 9.08. The summed E-state index contributed by atoms with van der Waals surface area (Å²) in [5, 5.41) is 0. The zero-order valence-corrected chi connectivity index (χ0v) is 10.9. The molecule has 0 radical (unpaired) electrons. The molecule has 1 aliphatic heterocycles. The fourth-order valence-electron chi connectivity index (χ4n) is 3.21. The number of amides is 1. The predicted octanol–water partition coefficient (Wildman–Crippen LogP) is 1.74. The first kappa shape index (κ1) is 12.2. The van der Waals surface area contributed by atoms with E-state index in [1.165, 1.54) is 0 Å². The minimum atomic E-state index is -0.392. The number of carbonyl (C=O) groups is 2. The van der Waals surface area contributed by atoms with Crippen molar-refractivity contribution < 1.29 is 9.59 Å². The van der Waals surface area contributed by atoms with Crippen LogP contribution in [-0.2, 0) is 4.79 Å². The Morgan fingerprint density at radius 3 is 2.16 bits per heavy atom. The van der Waals surface area contributed by atoms with Crippen LogP contribution in [0, 0.1) is 5.41 Å². The average Bonchev–Trinajstić information content (AvgIpc) is 2.38. The fourth-order valence-corrected chi connectivity index (χ4v) is 3.21. The molecule has 1 aromatic rings. The molecule has 1 heterocycles. The zero-order chi connectivity index (χ0) is 13.5. The van der Waals surface area contributed by atoms with Gasteiger partial charge in [-0.15, -0.1) is 0 Å². The summed E-state index contributed by atoms with van der Waals surface area (Å²) in [5.41, 5.74) is 7.21. The molecule has 3 rings (SSSR count). The molecular formula is C15H18N2O2. The average molecular weight is 258 g/mol. The summed E-state index contributed by atoms with van der Waals surface area (Å²) in [5.74, 6) is 0.0244. The third-order valence-electron chi connectivity index (χ3n) is 4.49. The van der Waals surface area contributed by atoms with Crippen molar-refractivity contribution in [3.05, 3.63) is 29.8 Å². The molecule has 1 aromatic carbocycles. The third kappa shape index (κ3) is 2.23. The summed E-state index contributed by atoms with van der Waals surface area (Å²) >= 11 is 0. The summed E-state index contributed by atoms with van der Waals surface area (Å²) in [6.07, 6.45) is 3.75. The van der Waals surface area contributed by atoms with Crippen LogP contribution in [0.1, 0.15) is 36.0 Å². The molecule has 19 heavy (non-hydrogen) atoms. The summed E-state index contributed by atoms with van der Waals surface area (Å²) in [6, 6.07) is 7.44. The number of hydrogen-bond donors (Lipinski definition) is 1. The number of primary amides is 1. The molecule has 1 spiro atoms. The highest BCUT2D eigenvalue weighted by molar-refractivity contribution is 5.93. The van der Waals surface area contributed by atoms with E-state index in [1.807, 2.05) is 12.1 Å². The lowest BCUT2D eigenvalue weighted by Crippen LogP contribution is -2.47. The van der Waals surface area contributed by atoms with Gasteiger partial charge in [-0.25, -0.2) is 0 Å². The van der Waals surface area contributed by atoms with Crippen molar-refractivity contribution in [3.63, 3.8) is 0 Å². The van der Waals surface area contributed by atoms with Crippen molar-refractivity contribution in [2.45, 2.75) is 25.7 Å². The number of rotatable bonds is 2. The molecule has 0 unspecified atom stereocenters. The Labute approximate surface area is 112 Å². The van der Waals surface area contributed by atoms with E-state index in [4.69, 9.17) is 5.73 Å². The highest BCUT2D eigenvalue weighted by Crippen LogP contribution is 2.47. The van der Waals surface area contributed by atoms with Gasteiger partial charge in [0, 0.05) is 37.2 Å². The molecule has 4 nitrogen and oxygen atoms in total. The molecule has 1 aliphatic carbocycles. The number of piperidine rings is 1. The maximum Gasteiger partial charge on any atom is 0.248 e. The van der Waals surface area contributed by atoms with Gasteiger partial charge in [0.25, 0.3) is 0 Å². The first-order valence-electron chi connectivity index (χ1n) is 6.75. The zero-order valence-electron chi connectivity index (χ0n) is 10.9. The van der Waals surface area contributed by atoms with Crippen molar-refractivity contribution >= 4 is 17.4 Å². The molecule has 2 fully saturated rings. The van der Waals surface area contributed by atoms with E-state index < -0.39 is 5.91 Å². The number of nitrogens with two attached hydrogens (primary N) is 1. The van der Waals surface area contributed by atoms with Crippen LogP contribution in [0.25, 0.3) is 0 Å². The molecule has 2 N–H and O–H groups in total. The number of ketones is 1. The maximum atomic E-state index is 11.2. The quantitative estimate of drug-likeness (QED) is 0.878. The van der Waals surface area contributed by atoms with E-state index in [0.717, 1.165) is 44.5 Å². The molecule has 1 saturated heterocycles. The maximum absolute atomic E-state index is 11.2. The topological polar surface area (TPSA) is 63.4 Å². The molecule has 1 saturated carbocycles. The van der Waals surface area contributed by atoms with Crippen molar-refractivity contribution in [1.82, 2.24) is 0 Å². The Kier molecular flexibility index (Phi) is 2.81. The van der Waals surface area contributed by atoms with Gasteiger partial charge in [0.15, 0.2) is 0 Å². The smallest absolute Gasteiger partial charge is 0.248 e. The highest BCUT2D eigenvalue weighted by atomic mass is 16.1. The van der Waals surface area contributed by atoms with Gasteiger partial charge in [-0.1, -0.05) is 0 Å². The van der Waals surface area contributed by atoms with Crippen molar-refractivity contribution in [2.75, 3.05) is 18.0 Å². The summed E-state index contributed by atoms with van der Waals surface area (Å²) in [6.45, 7) is 1.98. The monoisotopic (exact) mass is 258 g/mol. The van der Waals surface area contributed by atoms with E-state index in [9.17, 15) is 9.59 Å². The van der Waals surface area contributed by atoms with E-state index in [-0.39, 0.29) is 0 Å². The van der Waals surface area contributed by atoms with E-state index in [2.05, 4.69) is 4.90 Å². The van der Waals surface area contributed by atoms with Gasteiger partial charge in [-0.3, -0.25) is 9.59 Å². The molecule has 4 heteroatoms. The highest BCUT2D eigenvalue weighted by Gasteiger charge is 2.44. The largest absolute Gasteiger partial charge is 0.371 e. The van der Waals surface area contributed by atoms with Gasteiger partial charge in [0.1, 0.15) is 5.78 Å². The normalized spacial score (nSPS) is 21.3. The second-order valence-corrected chi connectivity index (χ2v) is 5.79. The van der Waals surface area contributed by atoms with E-state index in [1.54, 1.807) is 12.1 Å². The first-order valence-corrected chi connectivity index (χ1v) is 6.75. The number of hydrogen-bond acceptors (Lipinski definition) is 3. The van der Waals surface area contributed by atoms with Gasteiger partial charge >= 0.3 is 0 Å². The molecule has 1 amide bonds. The lowest BCUT2D eigenvalue weighted by molar-refractivity contribution is -0.133. The molecule has 2 aliphatic rings. The Balaban J connectivity index is 1.65. The molecular weight excluding hydrogens is 240 g/mol. The van der Waals surface area contributed by atoms with E-state index >= 15 is 0 Å². The van der Waals surface area contributed by atoms with Gasteiger partial charge in [-0.2, -0.15) is 0 Å². The van der Waals surface area contributed by atoms with Gasteiger partial charge < -0.3 is 10.6 Å².